The van der Waals surface area contributed by atoms with Crippen LogP contribution in [-0.4, -0.2) is 78.1 Å². The second-order valence-electron chi connectivity index (χ2n) is 17.6. The zero-order valence-electron chi connectivity index (χ0n) is 37.3. The number of fused-ring (bicyclic) bond motifs is 1. The first-order valence-electron chi connectivity index (χ1n) is 21.4. The molecule has 2 amide bonds. The predicted molar refractivity (Wildman–Crippen MR) is 241 cm³/mol. The molecule has 10 nitrogen and oxygen atoms in total. The number of imidazole rings is 1. The number of halogens is 14. The molecule has 2 saturated heterocycles. The molecule has 2 aliphatic rings. The lowest BCUT2D eigenvalue weighted by atomic mass is 9.97. The number of carbonyl (C=O) groups is 2. The van der Waals surface area contributed by atoms with Crippen molar-refractivity contribution in [1.82, 2.24) is 34.3 Å². The number of alkyl halides is 12. The Kier molecular flexibility index (Phi) is 15.4. The number of hydrogen-bond acceptors (Lipinski definition) is 9. The van der Waals surface area contributed by atoms with Gasteiger partial charge in [-0.2, -0.15) is 52.7 Å². The van der Waals surface area contributed by atoms with Gasteiger partial charge in [-0.15, -0.1) is 22.7 Å². The Labute approximate surface area is 414 Å². The minimum absolute atomic E-state index is 0.00504. The summed E-state index contributed by atoms with van der Waals surface area (Å²) in [6, 6.07) is 6.16. The summed E-state index contributed by atoms with van der Waals surface area (Å²) in [4.78, 5) is 45.4. The molecule has 382 valence electrons. The molecule has 0 saturated carbocycles. The number of aromatic nitrogens is 5. The third-order valence-corrected chi connectivity index (χ3v) is 14.1. The maximum atomic E-state index is 13.3. The van der Waals surface area contributed by atoms with Crippen LogP contribution in [0.5, 0.6) is 0 Å². The highest BCUT2D eigenvalue weighted by Gasteiger charge is 2.40. The molecule has 71 heavy (non-hydrogen) atoms. The van der Waals surface area contributed by atoms with Crippen LogP contribution in [0.3, 0.4) is 0 Å². The Morgan fingerprint density at radius 1 is 0.634 bits per heavy atom. The largest absolute Gasteiger partial charge is 0.444 e. The van der Waals surface area contributed by atoms with Gasteiger partial charge in [0.2, 0.25) is 5.91 Å². The minimum atomic E-state index is -4.97. The van der Waals surface area contributed by atoms with E-state index in [1.165, 1.54) is 0 Å². The van der Waals surface area contributed by atoms with Crippen LogP contribution in [0.4, 0.5) is 57.5 Å². The first-order chi connectivity index (χ1) is 32.9. The first-order valence-corrected chi connectivity index (χ1v) is 23.8. The normalized spacial score (nSPS) is 15.8. The topological polar surface area (TPSA) is 106 Å². The highest BCUT2D eigenvalue weighted by Crippen LogP contribution is 2.45. The van der Waals surface area contributed by atoms with Crippen molar-refractivity contribution in [3.05, 3.63) is 102 Å². The first kappa shape index (κ1) is 53.6. The summed E-state index contributed by atoms with van der Waals surface area (Å²) in [5, 5.41) is 1.01. The van der Waals surface area contributed by atoms with Crippen molar-refractivity contribution in [3.8, 4) is 22.5 Å². The number of rotatable bonds is 6. The molecule has 6 aromatic rings. The number of ether oxygens (including phenoxy) is 1. The zero-order chi connectivity index (χ0) is 52.0. The third-order valence-electron chi connectivity index (χ3n) is 11.3. The summed E-state index contributed by atoms with van der Waals surface area (Å²) < 4.78 is 166. The smallest absolute Gasteiger partial charge is 0.416 e. The molecular weight excluding hydrogens is 1050 g/mol. The van der Waals surface area contributed by atoms with E-state index in [0.29, 0.717) is 97.3 Å². The Balaban J connectivity index is 0.000000211. The van der Waals surface area contributed by atoms with Crippen molar-refractivity contribution in [1.29, 1.82) is 0 Å². The van der Waals surface area contributed by atoms with Crippen LogP contribution < -0.4 is 0 Å². The van der Waals surface area contributed by atoms with Gasteiger partial charge in [0.25, 0.3) is 0 Å². The van der Waals surface area contributed by atoms with Gasteiger partial charge in [-0.3, -0.25) is 4.79 Å². The second kappa shape index (κ2) is 20.4. The summed E-state index contributed by atoms with van der Waals surface area (Å²) in [6.07, 6.45) is -15.1. The number of piperidine rings is 2. The lowest BCUT2D eigenvalue weighted by Gasteiger charge is -2.32. The molecule has 0 atom stereocenters. The molecule has 0 spiro atoms. The van der Waals surface area contributed by atoms with Crippen molar-refractivity contribution in [3.63, 3.8) is 0 Å². The molecular formula is C45H39Cl2F12N7O3S2. The van der Waals surface area contributed by atoms with E-state index in [2.05, 4.69) is 19.9 Å². The SMILES string of the molecule is CC(C)(C)OC(=O)N1CCC(c2nc(-c3cc(C(F)(F)F)cc(C(F)(F)F)c3)c(Cl)s2)CC1.O=C(Cn1cnc2cccnc21)N1CCC(c2nc(-c3cc(C(F)(F)F)cc(C(F)(F)F)c3)c(Cl)s2)CC1. The van der Waals surface area contributed by atoms with E-state index >= 15 is 0 Å². The lowest BCUT2D eigenvalue weighted by molar-refractivity contribution is -0.144. The van der Waals surface area contributed by atoms with Crippen LogP contribution in [0.2, 0.25) is 8.67 Å². The number of pyridine rings is 1. The lowest BCUT2D eigenvalue weighted by Crippen LogP contribution is -2.41. The molecule has 0 aliphatic carbocycles. The summed E-state index contributed by atoms with van der Waals surface area (Å²) in [7, 11) is 0. The van der Waals surface area contributed by atoms with E-state index in [-0.39, 0.29) is 67.6 Å². The number of hydrogen-bond donors (Lipinski definition) is 0. The van der Waals surface area contributed by atoms with Crippen LogP contribution in [0.25, 0.3) is 33.7 Å². The van der Waals surface area contributed by atoms with Crippen molar-refractivity contribution in [2.24, 2.45) is 0 Å². The van der Waals surface area contributed by atoms with Gasteiger partial charge in [0.1, 0.15) is 37.7 Å². The average molecular weight is 1090 g/mol. The fraction of sp³-hybridized carbons (Fsp3) is 0.422. The van der Waals surface area contributed by atoms with Gasteiger partial charge in [-0.05, 0) is 95.0 Å². The van der Waals surface area contributed by atoms with Gasteiger partial charge >= 0.3 is 30.8 Å². The van der Waals surface area contributed by atoms with E-state index < -0.39 is 58.7 Å². The maximum Gasteiger partial charge on any atom is 0.416 e. The molecule has 0 radical (unpaired) electrons. The van der Waals surface area contributed by atoms with Gasteiger partial charge < -0.3 is 19.1 Å². The van der Waals surface area contributed by atoms with Crippen molar-refractivity contribution in [2.75, 3.05) is 26.2 Å². The van der Waals surface area contributed by atoms with Crippen LogP contribution in [0.15, 0.2) is 61.1 Å². The van der Waals surface area contributed by atoms with E-state index in [1.807, 2.05) is 0 Å². The molecule has 26 heteroatoms. The van der Waals surface area contributed by atoms with Crippen molar-refractivity contribution >= 4 is 69.0 Å². The molecule has 0 N–H and O–H groups in total. The Morgan fingerprint density at radius 3 is 1.44 bits per heavy atom. The van der Waals surface area contributed by atoms with Crippen LogP contribution in [0.1, 0.15) is 90.6 Å². The van der Waals surface area contributed by atoms with Gasteiger partial charge in [0.15, 0.2) is 5.65 Å². The highest BCUT2D eigenvalue weighted by molar-refractivity contribution is 7.16. The van der Waals surface area contributed by atoms with Crippen molar-refractivity contribution < 1.29 is 67.0 Å². The van der Waals surface area contributed by atoms with Gasteiger partial charge in [-0.25, -0.2) is 24.7 Å². The number of nitrogens with zero attached hydrogens (tertiary/aromatic N) is 7. The standard InChI is InChI=1S/C24H18ClF6N5OS.C21H21ClF6N2O2S/c25-20-19(14-8-15(23(26,27)28)10-16(9-14)24(29,30)31)34-22(38-20)13-3-6-35(7-4-13)18(37)11-36-12-33-17-2-1-5-32-21(17)36;1-19(2,3)32-18(31)30-6-4-11(5-7-30)17-29-15(16(22)33-17)12-8-13(20(23,24)25)10-14(9-12)21(26,27)28/h1-2,5,8-10,12-13H,3-4,6-7,11H2;8-11H,4-7H2,1-3H3. The number of benzene rings is 2. The number of likely N-dealkylation sites (tertiary alicyclic amines) is 2. The van der Waals surface area contributed by atoms with Crippen LogP contribution in [-0.2, 0) is 40.8 Å². The summed E-state index contributed by atoms with van der Waals surface area (Å²) >= 11 is 14.5. The van der Waals surface area contributed by atoms with Gasteiger partial charge in [-0.1, -0.05) is 23.2 Å². The Hall–Kier alpha value is -5.20. The quantitative estimate of drug-likeness (QED) is 0.153. The number of amides is 2. The summed E-state index contributed by atoms with van der Waals surface area (Å²) in [5.74, 6) is -0.387. The van der Waals surface area contributed by atoms with Crippen LogP contribution in [0, 0.1) is 0 Å². The molecule has 4 aromatic heterocycles. The molecule has 0 unspecified atom stereocenters. The second-order valence-corrected chi connectivity index (χ2v) is 20.8. The molecule has 0 bridgehead atoms. The molecule has 2 aliphatic heterocycles. The number of thiazole rings is 2. The molecule has 8 rings (SSSR count). The summed E-state index contributed by atoms with van der Waals surface area (Å²) in [6.45, 7) is 6.94. The van der Waals surface area contributed by atoms with Gasteiger partial charge in [0, 0.05) is 55.3 Å². The Bertz CT molecular complexity index is 2830. The van der Waals surface area contributed by atoms with E-state index in [4.69, 9.17) is 27.9 Å². The third kappa shape index (κ3) is 13.1. The fourth-order valence-electron chi connectivity index (χ4n) is 7.79. The predicted octanol–water partition coefficient (Wildman–Crippen LogP) is 14.3. The minimum Gasteiger partial charge on any atom is -0.444 e. The van der Waals surface area contributed by atoms with E-state index in [0.717, 1.165) is 22.7 Å². The fourth-order valence-corrected chi connectivity index (χ4v) is 10.5. The Morgan fingerprint density at radius 2 is 1.04 bits per heavy atom. The van der Waals surface area contributed by atoms with Crippen LogP contribution >= 0.6 is 45.9 Å². The molecule has 2 aromatic carbocycles. The van der Waals surface area contributed by atoms with Gasteiger partial charge in [0.05, 0.1) is 38.6 Å². The summed E-state index contributed by atoms with van der Waals surface area (Å²) in [5.41, 5.74) is -6.02. The van der Waals surface area contributed by atoms with Crippen molar-refractivity contribution in [2.45, 2.75) is 95.1 Å². The highest BCUT2D eigenvalue weighted by atomic mass is 35.5. The molecule has 2 fully saturated rings. The molecule has 6 heterocycles. The van der Waals surface area contributed by atoms with E-state index in [9.17, 15) is 62.3 Å². The maximum absolute atomic E-state index is 13.3. The monoisotopic (exact) mass is 1090 g/mol. The number of carbonyl (C=O) groups excluding carboxylic acids is 2. The average Bonchev–Trinajstić information content (AvgIpc) is 4.01. The zero-order valence-corrected chi connectivity index (χ0v) is 40.4. The van der Waals surface area contributed by atoms with E-state index in [1.54, 1.807) is 59.8 Å².